The van der Waals surface area contributed by atoms with E-state index < -0.39 is 20.7 Å². The molecular formula is C12H11Cl2NO4S. The zero-order valence-electron chi connectivity index (χ0n) is 10.7. The van der Waals surface area contributed by atoms with Gasteiger partial charge in [-0.15, -0.1) is 0 Å². The van der Waals surface area contributed by atoms with E-state index in [1.54, 1.807) is 6.92 Å². The van der Waals surface area contributed by atoms with Crippen LogP contribution in [0.2, 0.25) is 10.0 Å². The molecule has 108 valence electrons. The molecular weight excluding hydrogens is 325 g/mol. The second-order valence-electron chi connectivity index (χ2n) is 4.04. The second kappa shape index (κ2) is 5.27. The van der Waals surface area contributed by atoms with E-state index in [0.29, 0.717) is 0 Å². The predicted molar refractivity (Wildman–Crippen MR) is 76.6 cm³/mol. The Bertz CT molecular complexity index is 725. The number of allylic oxidation sites excluding steroid dienone is 1. The van der Waals surface area contributed by atoms with Crippen LogP contribution in [-0.2, 0) is 19.4 Å². The van der Waals surface area contributed by atoms with E-state index in [2.05, 4.69) is 5.32 Å². The number of benzene rings is 1. The molecule has 1 aliphatic heterocycles. The number of carbonyl (C=O) groups excluding carboxylic acids is 1. The van der Waals surface area contributed by atoms with Crippen LogP contribution in [0.3, 0.4) is 0 Å². The molecule has 0 atom stereocenters. The van der Waals surface area contributed by atoms with Gasteiger partial charge in [0.15, 0.2) is 4.91 Å². The Morgan fingerprint density at radius 3 is 2.60 bits per heavy atom. The average molecular weight is 336 g/mol. The number of halogens is 2. The van der Waals surface area contributed by atoms with Gasteiger partial charge in [-0.3, -0.25) is 0 Å². The van der Waals surface area contributed by atoms with E-state index >= 15 is 0 Å². The number of ether oxygens (including phenoxy) is 1. The fraction of sp³-hybridized carbons (Fsp3) is 0.250. The van der Waals surface area contributed by atoms with Crippen LogP contribution in [0.25, 0.3) is 0 Å². The molecule has 0 aromatic heterocycles. The van der Waals surface area contributed by atoms with Gasteiger partial charge in [-0.05, 0) is 26.0 Å². The molecule has 2 rings (SSSR count). The first-order valence-electron chi connectivity index (χ1n) is 5.68. The number of hydrogen-bond donors (Lipinski definition) is 1. The molecule has 0 unspecified atom stereocenters. The number of rotatable bonds is 2. The van der Waals surface area contributed by atoms with Crippen molar-refractivity contribution in [1.29, 1.82) is 0 Å². The summed E-state index contributed by atoms with van der Waals surface area (Å²) in [7, 11) is -3.99. The maximum atomic E-state index is 12.5. The molecule has 0 amide bonds. The lowest BCUT2D eigenvalue weighted by Gasteiger charge is -2.23. The highest BCUT2D eigenvalue weighted by atomic mass is 35.5. The summed E-state index contributed by atoms with van der Waals surface area (Å²) in [4.78, 5) is 11.3. The second-order valence-corrected chi connectivity index (χ2v) is 6.68. The number of esters is 1. The Labute approximate surface area is 126 Å². The molecule has 20 heavy (non-hydrogen) atoms. The fourth-order valence-corrected chi connectivity index (χ4v) is 3.94. The summed E-state index contributed by atoms with van der Waals surface area (Å²) in [5.74, 6) is -0.894. The molecule has 0 saturated heterocycles. The van der Waals surface area contributed by atoms with E-state index in [0.717, 1.165) is 0 Å². The van der Waals surface area contributed by atoms with Crippen molar-refractivity contribution in [1.82, 2.24) is 0 Å². The Morgan fingerprint density at radius 2 is 2.00 bits per heavy atom. The normalized spacial score (nSPS) is 16.4. The van der Waals surface area contributed by atoms with Gasteiger partial charge in [-0.1, -0.05) is 23.2 Å². The van der Waals surface area contributed by atoms with Gasteiger partial charge in [0, 0.05) is 5.70 Å². The highest BCUT2D eigenvalue weighted by Crippen LogP contribution is 2.42. The molecule has 1 aromatic rings. The summed E-state index contributed by atoms with van der Waals surface area (Å²) in [5.41, 5.74) is 0.324. The fourth-order valence-electron chi connectivity index (χ4n) is 1.89. The molecule has 1 aromatic carbocycles. The molecule has 1 heterocycles. The van der Waals surface area contributed by atoms with Crippen LogP contribution in [0.5, 0.6) is 0 Å². The molecule has 0 aliphatic carbocycles. The number of carbonyl (C=O) groups is 1. The van der Waals surface area contributed by atoms with E-state index in [1.165, 1.54) is 19.1 Å². The first-order chi connectivity index (χ1) is 9.30. The summed E-state index contributed by atoms with van der Waals surface area (Å²) < 4.78 is 29.8. The number of fused-ring (bicyclic) bond motifs is 1. The lowest BCUT2D eigenvalue weighted by atomic mass is 10.3. The monoisotopic (exact) mass is 335 g/mol. The lowest BCUT2D eigenvalue weighted by molar-refractivity contribution is -0.137. The maximum absolute atomic E-state index is 12.5. The third kappa shape index (κ3) is 2.28. The minimum absolute atomic E-state index is 0.0827. The predicted octanol–water partition coefficient (Wildman–Crippen LogP) is 2.99. The van der Waals surface area contributed by atoms with Crippen molar-refractivity contribution in [3.8, 4) is 0 Å². The van der Waals surface area contributed by atoms with Crippen LogP contribution in [0, 0.1) is 0 Å². The SMILES string of the molecule is CCOC(=O)C1=C(C)Nc2c(ccc(Cl)c2Cl)S1(=O)=O. The highest BCUT2D eigenvalue weighted by Gasteiger charge is 2.37. The molecule has 0 bridgehead atoms. The zero-order chi connectivity index (χ0) is 15.1. The van der Waals surface area contributed by atoms with Crippen molar-refractivity contribution < 1.29 is 17.9 Å². The van der Waals surface area contributed by atoms with Gasteiger partial charge in [0.1, 0.15) is 0 Å². The van der Waals surface area contributed by atoms with Crippen molar-refractivity contribution in [2.24, 2.45) is 0 Å². The van der Waals surface area contributed by atoms with Crippen molar-refractivity contribution in [3.63, 3.8) is 0 Å². The van der Waals surface area contributed by atoms with Crippen molar-refractivity contribution in [2.45, 2.75) is 18.7 Å². The minimum Gasteiger partial charge on any atom is -0.462 e. The van der Waals surface area contributed by atoms with Crippen LogP contribution in [0.4, 0.5) is 5.69 Å². The van der Waals surface area contributed by atoms with Gasteiger partial charge in [0.2, 0.25) is 9.84 Å². The number of anilines is 1. The summed E-state index contributed by atoms with van der Waals surface area (Å²) in [5, 5.41) is 3.11. The van der Waals surface area contributed by atoms with Crippen LogP contribution in [0.1, 0.15) is 13.8 Å². The zero-order valence-corrected chi connectivity index (χ0v) is 13.0. The summed E-state index contributed by atoms with van der Waals surface area (Å²) >= 11 is 11.9. The van der Waals surface area contributed by atoms with E-state index in [9.17, 15) is 13.2 Å². The first-order valence-corrected chi connectivity index (χ1v) is 7.92. The Hall–Kier alpha value is -1.24. The van der Waals surface area contributed by atoms with Crippen LogP contribution in [0.15, 0.2) is 27.6 Å². The largest absolute Gasteiger partial charge is 0.462 e. The van der Waals surface area contributed by atoms with Gasteiger partial charge in [-0.25, -0.2) is 13.2 Å². The summed E-state index contributed by atoms with van der Waals surface area (Å²) in [6.07, 6.45) is 0. The molecule has 1 aliphatic rings. The Morgan fingerprint density at radius 1 is 1.35 bits per heavy atom. The molecule has 1 N–H and O–H groups in total. The minimum atomic E-state index is -3.99. The maximum Gasteiger partial charge on any atom is 0.351 e. The standard InChI is InChI=1S/C12H11Cl2NO4S/c1-3-19-12(16)11-6(2)15-10-8(20(11,17)18)5-4-7(13)9(10)14/h4-5,15H,3H2,1-2H3. The van der Waals surface area contributed by atoms with Gasteiger partial charge >= 0.3 is 5.97 Å². The van der Waals surface area contributed by atoms with Crippen molar-refractivity contribution >= 4 is 44.7 Å². The Balaban J connectivity index is 2.68. The number of hydrogen-bond acceptors (Lipinski definition) is 5. The third-order valence-corrected chi connectivity index (χ3v) is 5.46. The molecule has 0 saturated carbocycles. The first kappa shape index (κ1) is 15.2. The molecule has 5 nitrogen and oxygen atoms in total. The smallest absolute Gasteiger partial charge is 0.351 e. The summed E-state index contributed by atoms with van der Waals surface area (Å²) in [6, 6.07) is 2.67. The lowest BCUT2D eigenvalue weighted by Crippen LogP contribution is -2.25. The molecule has 8 heteroatoms. The average Bonchev–Trinajstić information content (AvgIpc) is 2.34. The van der Waals surface area contributed by atoms with Crippen LogP contribution >= 0.6 is 23.2 Å². The van der Waals surface area contributed by atoms with E-state index in [-0.39, 0.29) is 32.9 Å². The molecule has 0 fully saturated rings. The van der Waals surface area contributed by atoms with Crippen molar-refractivity contribution in [2.75, 3.05) is 11.9 Å². The third-order valence-electron chi connectivity index (χ3n) is 2.73. The van der Waals surface area contributed by atoms with Gasteiger partial charge in [0.05, 0.1) is 27.2 Å². The van der Waals surface area contributed by atoms with E-state index in [1.807, 2.05) is 0 Å². The summed E-state index contributed by atoms with van der Waals surface area (Å²) in [6.45, 7) is 3.14. The van der Waals surface area contributed by atoms with Gasteiger partial charge < -0.3 is 10.1 Å². The topological polar surface area (TPSA) is 72.5 Å². The quantitative estimate of drug-likeness (QED) is 0.841. The van der Waals surface area contributed by atoms with Crippen molar-refractivity contribution in [3.05, 3.63) is 32.8 Å². The van der Waals surface area contributed by atoms with Gasteiger partial charge in [0.25, 0.3) is 0 Å². The Kier molecular flexibility index (Phi) is 4.00. The number of nitrogens with one attached hydrogen (secondary N) is 1. The van der Waals surface area contributed by atoms with Crippen LogP contribution < -0.4 is 5.32 Å². The van der Waals surface area contributed by atoms with E-state index in [4.69, 9.17) is 27.9 Å². The highest BCUT2D eigenvalue weighted by molar-refractivity contribution is 7.96. The molecule has 0 spiro atoms. The van der Waals surface area contributed by atoms with Crippen LogP contribution in [-0.4, -0.2) is 21.0 Å². The number of sulfone groups is 1. The van der Waals surface area contributed by atoms with Gasteiger partial charge in [-0.2, -0.15) is 0 Å². The molecule has 0 radical (unpaired) electrons.